The lowest BCUT2D eigenvalue weighted by Crippen LogP contribution is -2.24. The van der Waals surface area contributed by atoms with Crippen LogP contribution in [0.3, 0.4) is 0 Å². The summed E-state index contributed by atoms with van der Waals surface area (Å²) in [5, 5.41) is 3.24. The quantitative estimate of drug-likeness (QED) is 0.351. The van der Waals surface area contributed by atoms with Crippen molar-refractivity contribution < 1.29 is 13.9 Å². The molecule has 3 N–H and O–H groups in total. The Bertz CT molecular complexity index is 820. The fraction of sp³-hybridized carbons (Fsp3) is 0.381. The van der Waals surface area contributed by atoms with Crippen molar-refractivity contribution in [3.8, 4) is 5.75 Å². The minimum Gasteiger partial charge on any atom is -0.467 e. The van der Waals surface area contributed by atoms with Crippen LogP contribution in [0, 0.1) is 5.82 Å². The molecule has 7 heteroatoms. The fourth-order valence-electron chi connectivity index (χ4n) is 3.31. The van der Waals surface area contributed by atoms with E-state index in [4.69, 9.17) is 15.2 Å². The van der Waals surface area contributed by atoms with Gasteiger partial charge >= 0.3 is 0 Å². The molecule has 152 valence electrons. The summed E-state index contributed by atoms with van der Waals surface area (Å²) in [7, 11) is 0. The van der Waals surface area contributed by atoms with E-state index in [1.165, 1.54) is 23.3 Å². The highest BCUT2D eigenvalue weighted by Crippen LogP contribution is 2.29. The summed E-state index contributed by atoms with van der Waals surface area (Å²) >= 11 is 0. The standard InChI is InChI=1S/C21H26FN3O2.HI/c1-3-14-6-5-7-15(4-2)19(14)25-21(23)24-9-8-16-10-18(22)11-17-12-26-13-27-20(16)17;/h5-7,10-11H,3-4,8-9,12-13H2,1-2H3,(H3,23,24,25);1H. The van der Waals surface area contributed by atoms with E-state index in [2.05, 4.69) is 42.4 Å². The summed E-state index contributed by atoms with van der Waals surface area (Å²) in [6.45, 7) is 5.22. The largest absolute Gasteiger partial charge is 0.467 e. The van der Waals surface area contributed by atoms with E-state index in [0.29, 0.717) is 31.3 Å². The summed E-state index contributed by atoms with van der Waals surface area (Å²) in [4.78, 5) is 4.42. The van der Waals surface area contributed by atoms with E-state index < -0.39 is 0 Å². The van der Waals surface area contributed by atoms with Crippen molar-refractivity contribution in [2.45, 2.75) is 39.7 Å². The second-order valence-electron chi connectivity index (χ2n) is 6.46. The van der Waals surface area contributed by atoms with E-state index in [1.54, 1.807) is 0 Å². The maximum atomic E-state index is 13.8. The highest BCUT2D eigenvalue weighted by atomic mass is 127. The Balaban J connectivity index is 0.00000280. The van der Waals surface area contributed by atoms with Gasteiger partial charge in [0.25, 0.3) is 0 Å². The smallest absolute Gasteiger partial charge is 0.193 e. The van der Waals surface area contributed by atoms with E-state index >= 15 is 0 Å². The first-order valence-corrected chi connectivity index (χ1v) is 9.31. The summed E-state index contributed by atoms with van der Waals surface area (Å²) in [6, 6.07) is 9.18. The number of halogens is 2. The molecule has 2 aromatic carbocycles. The molecule has 0 saturated heterocycles. The van der Waals surface area contributed by atoms with Gasteiger partial charge < -0.3 is 20.5 Å². The van der Waals surface area contributed by atoms with Gasteiger partial charge in [-0.05, 0) is 48.1 Å². The molecule has 0 unspecified atom stereocenters. The number of aryl methyl sites for hydroxylation is 2. The number of hydrogen-bond acceptors (Lipinski definition) is 3. The third-order valence-corrected chi connectivity index (χ3v) is 4.67. The Kier molecular flexibility index (Phi) is 8.50. The van der Waals surface area contributed by atoms with Crippen LogP contribution < -0.4 is 15.8 Å². The van der Waals surface area contributed by atoms with Crippen molar-refractivity contribution in [3.05, 3.63) is 58.4 Å². The van der Waals surface area contributed by atoms with Crippen molar-refractivity contribution in [3.63, 3.8) is 0 Å². The first kappa shape index (κ1) is 22.4. The number of hydrogen-bond donors (Lipinski definition) is 2. The molecule has 5 nitrogen and oxygen atoms in total. The van der Waals surface area contributed by atoms with Crippen LogP contribution in [-0.2, 0) is 30.6 Å². The number of anilines is 1. The first-order chi connectivity index (χ1) is 13.1. The third-order valence-electron chi connectivity index (χ3n) is 4.67. The molecule has 1 aliphatic heterocycles. The normalized spacial score (nSPS) is 13.3. The minimum atomic E-state index is -0.294. The Morgan fingerprint density at radius 2 is 1.89 bits per heavy atom. The Morgan fingerprint density at radius 1 is 1.18 bits per heavy atom. The summed E-state index contributed by atoms with van der Waals surface area (Å²) in [5.74, 6) is 0.770. The van der Waals surface area contributed by atoms with Gasteiger partial charge in [-0.2, -0.15) is 0 Å². The highest BCUT2D eigenvalue weighted by Gasteiger charge is 2.16. The lowest BCUT2D eigenvalue weighted by molar-refractivity contribution is -0.0172. The van der Waals surface area contributed by atoms with Crippen molar-refractivity contribution >= 4 is 35.6 Å². The number of fused-ring (bicyclic) bond motifs is 1. The van der Waals surface area contributed by atoms with Crippen molar-refractivity contribution in [2.75, 3.05) is 18.7 Å². The molecular formula is C21H27FIN3O2. The number of rotatable bonds is 6. The van der Waals surface area contributed by atoms with Crippen LogP contribution in [0.2, 0.25) is 0 Å². The summed E-state index contributed by atoms with van der Waals surface area (Å²) in [6.07, 6.45) is 2.37. The maximum absolute atomic E-state index is 13.8. The number of nitrogens with one attached hydrogen (secondary N) is 1. The summed E-state index contributed by atoms with van der Waals surface area (Å²) in [5.41, 5.74) is 11.1. The van der Waals surface area contributed by atoms with Crippen LogP contribution in [-0.4, -0.2) is 19.3 Å². The van der Waals surface area contributed by atoms with Crippen molar-refractivity contribution in [1.29, 1.82) is 0 Å². The molecule has 0 atom stereocenters. The molecule has 0 fully saturated rings. The van der Waals surface area contributed by atoms with Crippen LogP contribution >= 0.6 is 24.0 Å². The predicted octanol–water partition coefficient (Wildman–Crippen LogP) is 4.40. The molecule has 1 heterocycles. The van der Waals surface area contributed by atoms with E-state index in [1.807, 2.05) is 0 Å². The number of para-hydroxylation sites is 1. The van der Waals surface area contributed by atoms with Crippen LogP contribution in [0.25, 0.3) is 0 Å². The van der Waals surface area contributed by atoms with Gasteiger partial charge in [0.05, 0.1) is 6.61 Å². The Morgan fingerprint density at radius 3 is 2.57 bits per heavy atom. The first-order valence-electron chi connectivity index (χ1n) is 9.31. The Hall–Kier alpha value is -1.87. The topological polar surface area (TPSA) is 68.9 Å². The highest BCUT2D eigenvalue weighted by molar-refractivity contribution is 14.0. The lowest BCUT2D eigenvalue weighted by Gasteiger charge is -2.20. The van der Waals surface area contributed by atoms with Crippen LogP contribution in [0.1, 0.15) is 36.1 Å². The molecule has 0 saturated carbocycles. The van der Waals surface area contributed by atoms with Crippen molar-refractivity contribution in [2.24, 2.45) is 10.7 Å². The number of aliphatic imine (C=N–C) groups is 1. The molecule has 2 aromatic rings. The fourth-order valence-corrected chi connectivity index (χ4v) is 3.31. The predicted molar refractivity (Wildman–Crippen MR) is 121 cm³/mol. The third kappa shape index (κ3) is 5.35. The summed E-state index contributed by atoms with van der Waals surface area (Å²) < 4.78 is 24.6. The molecule has 0 amide bonds. The number of guanidine groups is 1. The molecular weight excluding hydrogens is 472 g/mol. The van der Waals surface area contributed by atoms with Gasteiger partial charge in [-0.15, -0.1) is 24.0 Å². The second kappa shape index (κ2) is 10.6. The van der Waals surface area contributed by atoms with E-state index in [-0.39, 0.29) is 36.6 Å². The van der Waals surface area contributed by atoms with Gasteiger partial charge in [-0.3, -0.25) is 4.99 Å². The van der Waals surface area contributed by atoms with Gasteiger partial charge in [0.1, 0.15) is 11.6 Å². The van der Waals surface area contributed by atoms with Gasteiger partial charge in [0, 0.05) is 17.8 Å². The molecule has 0 aromatic heterocycles. The zero-order chi connectivity index (χ0) is 19.2. The molecule has 3 rings (SSSR count). The second-order valence-corrected chi connectivity index (χ2v) is 6.46. The van der Waals surface area contributed by atoms with Crippen molar-refractivity contribution in [1.82, 2.24) is 0 Å². The van der Waals surface area contributed by atoms with Gasteiger partial charge in [0.2, 0.25) is 0 Å². The SMILES string of the molecule is CCc1cccc(CC)c1NC(N)=NCCc1cc(F)cc2c1OCOC2.I. The molecule has 0 aliphatic carbocycles. The molecule has 28 heavy (non-hydrogen) atoms. The lowest BCUT2D eigenvalue weighted by atomic mass is 10.0. The monoisotopic (exact) mass is 499 g/mol. The average Bonchev–Trinajstić information content (AvgIpc) is 2.68. The van der Waals surface area contributed by atoms with Gasteiger partial charge in [-0.25, -0.2) is 4.39 Å². The van der Waals surface area contributed by atoms with Crippen LogP contribution in [0.5, 0.6) is 5.75 Å². The van der Waals surface area contributed by atoms with Gasteiger partial charge in [-0.1, -0.05) is 32.0 Å². The van der Waals surface area contributed by atoms with Crippen LogP contribution in [0.4, 0.5) is 10.1 Å². The van der Waals surface area contributed by atoms with E-state index in [9.17, 15) is 4.39 Å². The minimum absolute atomic E-state index is 0. The number of nitrogens with zero attached hydrogens (tertiary/aromatic N) is 1. The maximum Gasteiger partial charge on any atom is 0.193 e. The molecule has 0 radical (unpaired) electrons. The zero-order valence-electron chi connectivity index (χ0n) is 16.3. The van der Waals surface area contributed by atoms with Gasteiger partial charge in [0.15, 0.2) is 12.8 Å². The number of nitrogens with two attached hydrogens (primary N) is 1. The zero-order valence-corrected chi connectivity index (χ0v) is 18.6. The molecule has 0 spiro atoms. The Labute approximate surface area is 182 Å². The van der Waals surface area contributed by atoms with Crippen LogP contribution in [0.15, 0.2) is 35.3 Å². The number of ether oxygens (including phenoxy) is 2. The number of benzene rings is 2. The van der Waals surface area contributed by atoms with E-state index in [0.717, 1.165) is 29.7 Å². The molecule has 0 bridgehead atoms. The average molecular weight is 499 g/mol. The molecule has 1 aliphatic rings.